The lowest BCUT2D eigenvalue weighted by Crippen LogP contribution is -2.65. The number of benzene rings is 2. The van der Waals surface area contributed by atoms with E-state index in [1.165, 1.54) is 10.6 Å². The van der Waals surface area contributed by atoms with Crippen LogP contribution in [0.15, 0.2) is 36.4 Å². The fourth-order valence-electron chi connectivity index (χ4n) is 5.54. The van der Waals surface area contributed by atoms with Crippen molar-refractivity contribution >= 4 is 44.3 Å². The number of carbonyl (C=O) groups is 1. The van der Waals surface area contributed by atoms with Gasteiger partial charge in [-0.3, -0.25) is 9.62 Å². The summed E-state index contributed by atoms with van der Waals surface area (Å²) < 4.78 is 41.0. The monoisotopic (exact) mass is 633 g/mol. The smallest absolute Gasteiger partial charge is 0.410 e. The van der Waals surface area contributed by atoms with Crippen molar-refractivity contribution in [3.63, 3.8) is 0 Å². The van der Waals surface area contributed by atoms with Crippen LogP contribution in [0.1, 0.15) is 63.4 Å². The third-order valence-corrected chi connectivity index (χ3v) is 9.39. The predicted molar refractivity (Wildman–Crippen MR) is 166 cm³/mol. The molecule has 2 fully saturated rings. The van der Waals surface area contributed by atoms with Crippen molar-refractivity contribution in [3.8, 4) is 5.69 Å². The number of nitrogens with one attached hydrogen (secondary N) is 1. The van der Waals surface area contributed by atoms with Crippen molar-refractivity contribution in [1.29, 1.82) is 0 Å². The molecule has 13 heteroatoms. The predicted octanol–water partition coefficient (Wildman–Crippen LogP) is 4.56. The van der Waals surface area contributed by atoms with Crippen molar-refractivity contribution in [3.05, 3.63) is 52.7 Å². The first-order valence-corrected chi connectivity index (χ1v) is 16.6. The highest BCUT2D eigenvalue weighted by atomic mass is 35.5. The lowest BCUT2D eigenvalue weighted by Gasteiger charge is -2.49. The zero-order valence-corrected chi connectivity index (χ0v) is 27.0. The Hall–Kier alpha value is -2.90. The van der Waals surface area contributed by atoms with E-state index in [0.29, 0.717) is 47.1 Å². The fourth-order valence-corrected chi connectivity index (χ4v) is 6.60. The molecule has 1 unspecified atom stereocenters. The maximum atomic E-state index is 13.3. The molecule has 5 rings (SSSR count). The summed E-state index contributed by atoms with van der Waals surface area (Å²) in [5.41, 5.74) is 1.97. The van der Waals surface area contributed by atoms with E-state index in [9.17, 15) is 18.3 Å². The summed E-state index contributed by atoms with van der Waals surface area (Å²) in [5.74, 6) is 0.199. The summed E-state index contributed by atoms with van der Waals surface area (Å²) in [6, 6.07) is 10.9. The molecule has 1 amide bonds. The first-order valence-electron chi connectivity index (χ1n) is 14.3. The van der Waals surface area contributed by atoms with E-state index < -0.39 is 33.5 Å². The number of aliphatic hydroxyl groups excluding tert-OH is 1. The Balaban J connectivity index is 1.50. The molecule has 0 radical (unpaired) electrons. The summed E-state index contributed by atoms with van der Waals surface area (Å²) in [4.78, 5) is 14.1. The Morgan fingerprint density at radius 3 is 2.42 bits per heavy atom. The van der Waals surface area contributed by atoms with Gasteiger partial charge in [-0.05, 0) is 95.0 Å². The fraction of sp³-hybridized carbons (Fsp3) is 0.533. The van der Waals surface area contributed by atoms with E-state index in [0.717, 1.165) is 23.8 Å². The topological polar surface area (TPSA) is 126 Å². The number of halogens is 1. The number of anilines is 1. The number of hydrogen-bond acceptors (Lipinski definition) is 8. The molecule has 1 aromatic heterocycles. The third-order valence-electron chi connectivity index (χ3n) is 7.96. The molecule has 2 N–H and O–H groups in total. The molecule has 2 aromatic carbocycles. The van der Waals surface area contributed by atoms with Crippen LogP contribution >= 0.6 is 11.6 Å². The average Bonchev–Trinajstić information content (AvgIpc) is 3.68. The van der Waals surface area contributed by atoms with Gasteiger partial charge in [-0.1, -0.05) is 11.6 Å². The Morgan fingerprint density at radius 2 is 1.88 bits per heavy atom. The zero-order chi connectivity index (χ0) is 31.3. The second kappa shape index (κ2) is 11.6. The highest BCUT2D eigenvalue weighted by Gasteiger charge is 2.47. The van der Waals surface area contributed by atoms with E-state index in [2.05, 4.69) is 5.32 Å². The third kappa shape index (κ3) is 6.63. The van der Waals surface area contributed by atoms with Crippen LogP contribution in [0.3, 0.4) is 0 Å². The van der Waals surface area contributed by atoms with Gasteiger partial charge < -0.3 is 19.5 Å². The largest absolute Gasteiger partial charge is 0.444 e. The Kier molecular flexibility index (Phi) is 8.47. The van der Waals surface area contributed by atoms with Crippen LogP contribution in [-0.4, -0.2) is 85.5 Å². The van der Waals surface area contributed by atoms with Gasteiger partial charge in [0.15, 0.2) is 0 Å². The van der Waals surface area contributed by atoms with Gasteiger partial charge in [0, 0.05) is 24.1 Å². The highest BCUT2D eigenvalue weighted by Crippen LogP contribution is 2.47. The van der Waals surface area contributed by atoms with Crippen LogP contribution in [0.4, 0.5) is 10.5 Å². The number of carbonyl (C=O) groups excluding carboxylic acids is 1. The number of ether oxygens (including phenoxy) is 2. The SMILES string of the molecule is CNC(O)c1c2cc(C3CC3)c(N(CCC3(OC)CN(C(=O)OC(C)(C)C)C3)S(C)(=O)=O)cc2nn1-c1ccc(Cl)cc1. The van der Waals surface area contributed by atoms with Crippen LogP contribution in [-0.2, 0) is 19.5 Å². The number of amides is 1. The second-order valence-corrected chi connectivity index (χ2v) is 14.8. The summed E-state index contributed by atoms with van der Waals surface area (Å²) in [6.45, 7) is 6.21. The molecule has 43 heavy (non-hydrogen) atoms. The maximum absolute atomic E-state index is 13.3. The molecule has 1 aliphatic heterocycles. The van der Waals surface area contributed by atoms with E-state index in [-0.39, 0.29) is 12.5 Å². The molecular formula is C30H40ClN5O6S. The number of nitrogens with zero attached hydrogens (tertiary/aromatic N) is 4. The first-order chi connectivity index (χ1) is 20.1. The lowest BCUT2D eigenvalue weighted by molar-refractivity contribution is -0.123. The number of hydrogen-bond donors (Lipinski definition) is 2. The Morgan fingerprint density at radius 1 is 1.23 bits per heavy atom. The molecule has 2 aliphatic rings. The van der Waals surface area contributed by atoms with E-state index >= 15 is 0 Å². The van der Waals surface area contributed by atoms with Crippen molar-refractivity contribution in [2.75, 3.05) is 44.4 Å². The zero-order valence-electron chi connectivity index (χ0n) is 25.4. The van der Waals surface area contributed by atoms with Gasteiger partial charge in [-0.25, -0.2) is 17.9 Å². The highest BCUT2D eigenvalue weighted by molar-refractivity contribution is 7.92. The van der Waals surface area contributed by atoms with Gasteiger partial charge in [0.1, 0.15) is 17.4 Å². The van der Waals surface area contributed by atoms with E-state index in [1.807, 2.05) is 39.0 Å². The number of methoxy groups -OCH3 is 1. The summed E-state index contributed by atoms with van der Waals surface area (Å²) in [6.07, 6.45) is 2.02. The quantitative estimate of drug-likeness (QED) is 0.311. The number of aromatic nitrogens is 2. The van der Waals surface area contributed by atoms with Gasteiger partial charge in [0.05, 0.1) is 41.9 Å². The Bertz CT molecular complexity index is 1610. The molecule has 2 heterocycles. The minimum Gasteiger partial charge on any atom is -0.444 e. The van der Waals surface area contributed by atoms with Crippen LogP contribution in [0.25, 0.3) is 16.6 Å². The first kappa shape index (κ1) is 31.5. The average molecular weight is 634 g/mol. The molecule has 1 saturated heterocycles. The lowest BCUT2D eigenvalue weighted by atomic mass is 9.90. The molecule has 1 aliphatic carbocycles. The molecule has 1 saturated carbocycles. The summed E-state index contributed by atoms with van der Waals surface area (Å²) >= 11 is 6.12. The Labute approximate surface area is 257 Å². The van der Waals surface area contributed by atoms with Gasteiger partial charge in [0.25, 0.3) is 0 Å². The van der Waals surface area contributed by atoms with Gasteiger partial charge in [-0.2, -0.15) is 5.10 Å². The van der Waals surface area contributed by atoms with Crippen molar-refractivity contribution in [2.45, 2.75) is 63.4 Å². The molecule has 0 bridgehead atoms. The van der Waals surface area contributed by atoms with Crippen molar-refractivity contribution in [1.82, 2.24) is 20.0 Å². The number of sulfonamides is 1. The molecule has 1 atom stereocenters. The van der Waals surface area contributed by atoms with Crippen LogP contribution < -0.4 is 9.62 Å². The van der Waals surface area contributed by atoms with Crippen LogP contribution in [0.2, 0.25) is 5.02 Å². The molecule has 3 aromatic rings. The van der Waals surface area contributed by atoms with Gasteiger partial charge >= 0.3 is 6.09 Å². The normalized spacial score (nSPS) is 17.5. The summed E-state index contributed by atoms with van der Waals surface area (Å²) in [5, 5.41) is 20.0. The maximum Gasteiger partial charge on any atom is 0.410 e. The number of fused-ring (bicyclic) bond motifs is 1. The molecule has 234 valence electrons. The van der Waals surface area contributed by atoms with Crippen LogP contribution in [0.5, 0.6) is 0 Å². The molecular weight excluding hydrogens is 594 g/mol. The number of rotatable bonds is 10. The van der Waals surface area contributed by atoms with Crippen molar-refractivity contribution < 1.29 is 27.8 Å². The van der Waals surface area contributed by atoms with Crippen molar-refractivity contribution in [2.24, 2.45) is 0 Å². The molecule has 0 spiro atoms. The second-order valence-electron chi connectivity index (χ2n) is 12.5. The van der Waals surface area contributed by atoms with Crippen LogP contribution in [0, 0.1) is 0 Å². The van der Waals surface area contributed by atoms with E-state index in [4.69, 9.17) is 26.2 Å². The van der Waals surface area contributed by atoms with Gasteiger partial charge in [-0.15, -0.1) is 0 Å². The minimum absolute atomic E-state index is 0.157. The summed E-state index contributed by atoms with van der Waals surface area (Å²) in [7, 11) is -0.463. The van der Waals surface area contributed by atoms with Gasteiger partial charge in [0.2, 0.25) is 10.0 Å². The standard InChI is InChI=1S/C30H40ClN5O6S/c1-29(2,3)42-28(38)34-17-30(18-34,41-5)13-14-35(43(6,39)40)25-16-24-23(15-22(25)19-7-8-19)26(27(37)32-4)36(33-24)21-11-9-20(31)10-12-21/h9-12,15-16,19,27,32,37H,7-8,13-14,17-18H2,1-6H3. The number of aliphatic hydroxyl groups is 1. The van der Waals surface area contributed by atoms with E-state index in [1.54, 1.807) is 41.9 Å². The number of likely N-dealkylation sites (tertiary alicyclic amines) is 1. The molecule has 11 nitrogen and oxygen atoms in total. The minimum atomic E-state index is -3.70.